The van der Waals surface area contributed by atoms with Crippen LogP contribution in [-0.2, 0) is 18.4 Å². The smallest absolute Gasteiger partial charge is 0.303 e. The number of rotatable bonds is 8. The lowest BCUT2D eigenvalue weighted by Crippen LogP contribution is -2.16. The van der Waals surface area contributed by atoms with Crippen molar-refractivity contribution in [3.8, 4) is 0 Å². The molecule has 4 nitrogen and oxygen atoms in total. The van der Waals surface area contributed by atoms with Gasteiger partial charge in [-0.25, -0.2) is 0 Å². The molecule has 0 aromatic rings. The molecule has 0 N–H and O–H groups in total. The van der Waals surface area contributed by atoms with Crippen LogP contribution in [0.3, 0.4) is 0 Å². The first-order valence-electron chi connectivity index (χ1n) is 5.49. The molecule has 0 radical (unpaired) electrons. The van der Waals surface area contributed by atoms with E-state index in [4.69, 9.17) is 9.05 Å². The molecule has 0 heterocycles. The Morgan fingerprint density at radius 2 is 1.47 bits per heavy atom. The second-order valence-electron chi connectivity index (χ2n) is 3.18. The van der Waals surface area contributed by atoms with Crippen molar-refractivity contribution < 1.29 is 18.4 Å². The van der Waals surface area contributed by atoms with E-state index in [-0.39, 0.29) is 24.7 Å². The lowest BCUT2D eigenvalue weighted by molar-refractivity contribution is -0.117. The molecule has 0 aromatic heterocycles. The topological polar surface area (TPSA) is 52.6 Å². The minimum Gasteiger partial charge on any atom is -0.303 e. The highest BCUT2D eigenvalue weighted by molar-refractivity contribution is 7.71. The first kappa shape index (κ1) is 14.8. The van der Waals surface area contributed by atoms with E-state index in [1.165, 1.54) is 0 Å². The zero-order chi connectivity index (χ0) is 11.9. The van der Waals surface area contributed by atoms with E-state index >= 15 is 0 Å². The van der Waals surface area contributed by atoms with Gasteiger partial charge >= 0.3 is 7.60 Å². The predicted octanol–water partition coefficient (Wildman–Crippen LogP) is 3.22. The molecule has 0 rings (SSSR count). The summed E-state index contributed by atoms with van der Waals surface area (Å²) in [5.41, 5.74) is -0.379. The van der Waals surface area contributed by atoms with E-state index in [0.717, 1.165) is 0 Å². The molecule has 0 unspecified atom stereocenters. The molecule has 0 saturated carbocycles. The van der Waals surface area contributed by atoms with Crippen molar-refractivity contribution in [3.05, 3.63) is 0 Å². The lowest BCUT2D eigenvalue weighted by atomic mass is 10.1. The Labute approximate surface area is 91.9 Å². The van der Waals surface area contributed by atoms with Gasteiger partial charge in [0.1, 0.15) is 0 Å². The van der Waals surface area contributed by atoms with Crippen molar-refractivity contribution in [2.75, 3.05) is 13.2 Å². The van der Waals surface area contributed by atoms with Gasteiger partial charge in [0.05, 0.1) is 13.2 Å². The second-order valence-corrected chi connectivity index (χ2v) is 5.14. The molecule has 0 spiro atoms. The van der Waals surface area contributed by atoms with E-state index in [9.17, 15) is 9.36 Å². The van der Waals surface area contributed by atoms with Gasteiger partial charge in [0.2, 0.25) is 5.52 Å². The van der Waals surface area contributed by atoms with Crippen molar-refractivity contribution in [2.45, 2.75) is 40.5 Å². The average molecular weight is 236 g/mol. The summed E-state index contributed by atoms with van der Waals surface area (Å²) in [5.74, 6) is -0.228. The van der Waals surface area contributed by atoms with Gasteiger partial charge in [0, 0.05) is 5.92 Å². The number of carbonyl (C=O) groups is 1. The maximum absolute atomic E-state index is 12.1. The fourth-order valence-electron chi connectivity index (χ4n) is 1.37. The van der Waals surface area contributed by atoms with Crippen LogP contribution in [0.1, 0.15) is 40.5 Å². The zero-order valence-corrected chi connectivity index (χ0v) is 10.9. The van der Waals surface area contributed by atoms with Gasteiger partial charge in [-0.3, -0.25) is 9.36 Å². The minimum absolute atomic E-state index is 0.225. The van der Waals surface area contributed by atoms with Gasteiger partial charge in [-0.05, 0) is 26.7 Å². The lowest BCUT2D eigenvalue weighted by Gasteiger charge is -2.19. The molecular formula is C10H21O4P. The van der Waals surface area contributed by atoms with Crippen LogP contribution in [0.5, 0.6) is 0 Å². The first-order chi connectivity index (χ1) is 7.05. The molecular weight excluding hydrogens is 215 g/mol. The molecule has 90 valence electrons. The first-order valence-corrected chi connectivity index (χ1v) is 7.03. The molecule has 0 aliphatic heterocycles. The number of hydrogen-bond acceptors (Lipinski definition) is 4. The molecule has 0 aliphatic rings. The van der Waals surface area contributed by atoms with Gasteiger partial charge in [0.25, 0.3) is 0 Å². The molecule has 0 saturated heterocycles. The second kappa shape index (κ2) is 7.15. The third-order valence-corrected chi connectivity index (χ3v) is 4.30. The highest BCUT2D eigenvalue weighted by atomic mass is 31.2. The monoisotopic (exact) mass is 236 g/mol. The van der Waals surface area contributed by atoms with Crippen LogP contribution in [0.2, 0.25) is 0 Å². The molecule has 15 heavy (non-hydrogen) atoms. The van der Waals surface area contributed by atoms with Crippen molar-refractivity contribution in [2.24, 2.45) is 5.92 Å². The van der Waals surface area contributed by atoms with Crippen LogP contribution < -0.4 is 0 Å². The molecule has 0 aliphatic carbocycles. The molecule has 0 atom stereocenters. The summed E-state index contributed by atoms with van der Waals surface area (Å²) in [7, 11) is -3.54. The van der Waals surface area contributed by atoms with Crippen LogP contribution in [0.4, 0.5) is 0 Å². The Morgan fingerprint density at radius 3 is 1.73 bits per heavy atom. The van der Waals surface area contributed by atoms with Gasteiger partial charge < -0.3 is 9.05 Å². The highest BCUT2D eigenvalue weighted by Crippen LogP contribution is 2.51. The standard InChI is InChI=1S/C10H21O4P/c1-5-9(6-2)10(11)15(12,13-7-3)14-8-4/h9H,5-8H2,1-4H3. The number of carbonyl (C=O) groups excluding carboxylic acids is 1. The maximum Gasteiger partial charge on any atom is 0.396 e. The van der Waals surface area contributed by atoms with E-state index in [2.05, 4.69) is 0 Å². The normalized spacial score (nSPS) is 12.1. The quantitative estimate of drug-likeness (QED) is 0.607. The van der Waals surface area contributed by atoms with Crippen LogP contribution >= 0.6 is 7.60 Å². The van der Waals surface area contributed by atoms with Gasteiger partial charge in [-0.2, -0.15) is 0 Å². The van der Waals surface area contributed by atoms with Crippen molar-refractivity contribution in [1.29, 1.82) is 0 Å². The highest BCUT2D eigenvalue weighted by Gasteiger charge is 2.37. The summed E-state index contributed by atoms with van der Waals surface area (Å²) >= 11 is 0. The van der Waals surface area contributed by atoms with E-state index in [1.54, 1.807) is 13.8 Å². The van der Waals surface area contributed by atoms with Crippen molar-refractivity contribution in [1.82, 2.24) is 0 Å². The minimum atomic E-state index is -3.54. The third kappa shape index (κ3) is 4.06. The van der Waals surface area contributed by atoms with Crippen LogP contribution in [0.25, 0.3) is 0 Å². The van der Waals surface area contributed by atoms with Gasteiger partial charge in [-0.15, -0.1) is 0 Å². The maximum atomic E-state index is 12.1. The average Bonchev–Trinajstić information content (AvgIpc) is 2.20. The van der Waals surface area contributed by atoms with Crippen molar-refractivity contribution in [3.63, 3.8) is 0 Å². The molecule has 0 amide bonds. The summed E-state index contributed by atoms with van der Waals surface area (Å²) in [6, 6.07) is 0. The van der Waals surface area contributed by atoms with E-state index < -0.39 is 7.60 Å². The fourth-order valence-corrected chi connectivity index (χ4v) is 3.19. The Kier molecular flexibility index (Phi) is 7.07. The van der Waals surface area contributed by atoms with Gasteiger partial charge in [-0.1, -0.05) is 13.8 Å². The summed E-state index contributed by atoms with van der Waals surface area (Å²) in [4.78, 5) is 11.9. The molecule has 0 aromatic carbocycles. The van der Waals surface area contributed by atoms with Gasteiger partial charge in [0.15, 0.2) is 0 Å². The van der Waals surface area contributed by atoms with Crippen molar-refractivity contribution >= 4 is 13.1 Å². The summed E-state index contributed by atoms with van der Waals surface area (Å²) in [6.07, 6.45) is 1.33. The summed E-state index contributed by atoms with van der Waals surface area (Å²) in [5, 5.41) is 0. The molecule has 0 fully saturated rings. The Morgan fingerprint density at radius 1 is 1.07 bits per heavy atom. The van der Waals surface area contributed by atoms with Crippen LogP contribution in [0.15, 0.2) is 0 Å². The largest absolute Gasteiger partial charge is 0.396 e. The SMILES string of the molecule is CCOP(=O)(OCC)C(=O)C(CC)CC. The van der Waals surface area contributed by atoms with Crippen LogP contribution in [-0.4, -0.2) is 18.7 Å². The Balaban J connectivity index is 4.75. The molecule has 0 bridgehead atoms. The summed E-state index contributed by atoms with van der Waals surface area (Å²) < 4.78 is 22.1. The third-order valence-electron chi connectivity index (χ3n) is 2.20. The Hall–Kier alpha value is -0.180. The number of hydrogen-bond donors (Lipinski definition) is 0. The van der Waals surface area contributed by atoms with E-state index in [0.29, 0.717) is 12.8 Å². The summed E-state index contributed by atoms with van der Waals surface area (Å²) in [6.45, 7) is 7.65. The molecule has 5 heteroatoms. The zero-order valence-electron chi connectivity index (χ0n) is 9.99. The fraction of sp³-hybridized carbons (Fsp3) is 0.900. The Bertz CT molecular complexity index is 226. The predicted molar refractivity (Wildman–Crippen MR) is 59.9 cm³/mol. The van der Waals surface area contributed by atoms with E-state index in [1.807, 2.05) is 13.8 Å². The van der Waals surface area contributed by atoms with Crippen LogP contribution in [0, 0.1) is 5.92 Å².